The SMILES string of the molecule is CCOC(=O)CN(C)C1=CC(OCCOC)NC(N)=C1[N+](=O)[O-]. The summed E-state index contributed by atoms with van der Waals surface area (Å²) in [6, 6.07) is 0. The lowest BCUT2D eigenvalue weighted by Crippen LogP contribution is -2.42. The molecule has 0 saturated carbocycles. The van der Waals surface area contributed by atoms with E-state index in [0.29, 0.717) is 6.61 Å². The lowest BCUT2D eigenvalue weighted by Gasteiger charge is -2.27. The monoisotopic (exact) mass is 330 g/mol. The Bertz CT molecular complexity index is 505. The number of nitrogens with zero attached hydrogens (tertiary/aromatic N) is 2. The smallest absolute Gasteiger partial charge is 0.331 e. The number of likely N-dealkylation sites (N-methyl/N-ethyl adjacent to an activating group) is 1. The molecule has 1 unspecified atom stereocenters. The van der Waals surface area contributed by atoms with E-state index in [2.05, 4.69) is 5.32 Å². The first-order chi connectivity index (χ1) is 10.9. The summed E-state index contributed by atoms with van der Waals surface area (Å²) in [5.41, 5.74) is 5.59. The molecule has 10 heteroatoms. The first-order valence-corrected chi connectivity index (χ1v) is 7.00. The molecule has 1 rings (SSSR count). The molecule has 0 aromatic rings. The van der Waals surface area contributed by atoms with E-state index < -0.39 is 17.1 Å². The maximum absolute atomic E-state index is 11.6. The van der Waals surface area contributed by atoms with Crippen molar-refractivity contribution in [2.24, 2.45) is 5.73 Å². The van der Waals surface area contributed by atoms with Crippen LogP contribution in [-0.2, 0) is 19.0 Å². The van der Waals surface area contributed by atoms with Crippen molar-refractivity contribution >= 4 is 5.97 Å². The number of esters is 1. The number of nitrogens with two attached hydrogens (primary N) is 1. The maximum atomic E-state index is 11.6. The van der Waals surface area contributed by atoms with Crippen LogP contribution >= 0.6 is 0 Å². The summed E-state index contributed by atoms with van der Waals surface area (Å²) in [5, 5.41) is 13.9. The van der Waals surface area contributed by atoms with E-state index in [1.165, 1.54) is 25.1 Å². The third-order valence-electron chi connectivity index (χ3n) is 2.96. The molecule has 0 aromatic heterocycles. The van der Waals surface area contributed by atoms with E-state index in [9.17, 15) is 14.9 Å². The van der Waals surface area contributed by atoms with Crippen molar-refractivity contribution in [2.75, 3.05) is 40.5 Å². The summed E-state index contributed by atoms with van der Waals surface area (Å²) in [6.45, 7) is 2.42. The number of hydrogen-bond donors (Lipinski definition) is 2. The number of nitro groups is 1. The van der Waals surface area contributed by atoms with Gasteiger partial charge in [-0.1, -0.05) is 0 Å². The van der Waals surface area contributed by atoms with E-state index >= 15 is 0 Å². The van der Waals surface area contributed by atoms with Crippen LogP contribution in [0.3, 0.4) is 0 Å². The van der Waals surface area contributed by atoms with Crippen LogP contribution in [0.4, 0.5) is 0 Å². The molecular weight excluding hydrogens is 308 g/mol. The summed E-state index contributed by atoms with van der Waals surface area (Å²) in [5.74, 6) is -0.627. The maximum Gasteiger partial charge on any atom is 0.331 e. The van der Waals surface area contributed by atoms with Gasteiger partial charge in [-0.25, -0.2) is 0 Å². The Balaban J connectivity index is 2.93. The van der Waals surface area contributed by atoms with E-state index in [4.69, 9.17) is 19.9 Å². The molecule has 0 aromatic carbocycles. The standard InChI is InChI=1S/C13H22N4O6/c1-4-22-11(18)8-16(2)9-7-10(23-6-5-21-3)15-13(14)12(9)17(19)20/h7,10,15H,4-6,8,14H2,1-3H3. The van der Waals surface area contributed by atoms with Crippen molar-refractivity contribution in [3.63, 3.8) is 0 Å². The van der Waals surface area contributed by atoms with Crippen LogP contribution in [0, 0.1) is 10.1 Å². The predicted molar refractivity (Wildman–Crippen MR) is 80.3 cm³/mol. The van der Waals surface area contributed by atoms with Gasteiger partial charge in [0.15, 0.2) is 12.0 Å². The number of carbonyl (C=O) groups is 1. The lowest BCUT2D eigenvalue weighted by molar-refractivity contribution is -0.424. The van der Waals surface area contributed by atoms with Crippen LogP contribution in [0.25, 0.3) is 0 Å². The van der Waals surface area contributed by atoms with Crippen LogP contribution in [0.5, 0.6) is 0 Å². The molecule has 0 radical (unpaired) electrons. The Morgan fingerprint density at radius 1 is 1.52 bits per heavy atom. The molecule has 1 aliphatic rings. The quantitative estimate of drug-likeness (QED) is 0.245. The van der Waals surface area contributed by atoms with Gasteiger partial charge in [-0.05, 0) is 13.0 Å². The zero-order valence-corrected chi connectivity index (χ0v) is 13.4. The highest BCUT2D eigenvalue weighted by molar-refractivity contribution is 5.72. The van der Waals surface area contributed by atoms with Gasteiger partial charge in [0.25, 0.3) is 0 Å². The summed E-state index contributed by atoms with van der Waals surface area (Å²) in [7, 11) is 3.07. The third kappa shape index (κ3) is 5.42. The second-order valence-corrected chi connectivity index (χ2v) is 4.66. The van der Waals surface area contributed by atoms with Crippen LogP contribution in [0.1, 0.15) is 6.92 Å². The molecule has 1 aliphatic heterocycles. The molecule has 0 saturated heterocycles. The van der Waals surface area contributed by atoms with Gasteiger partial charge in [-0.2, -0.15) is 0 Å². The fraction of sp³-hybridized carbons (Fsp3) is 0.615. The minimum atomic E-state index is -0.659. The van der Waals surface area contributed by atoms with Crippen LogP contribution in [0.15, 0.2) is 23.3 Å². The Labute approximate surface area is 134 Å². The van der Waals surface area contributed by atoms with Gasteiger partial charge in [-0.3, -0.25) is 14.9 Å². The molecule has 0 aliphatic carbocycles. The second kappa shape index (κ2) is 8.96. The first kappa shape index (κ1) is 18.7. The topological polar surface area (TPSA) is 129 Å². The number of methoxy groups -OCH3 is 1. The minimum Gasteiger partial charge on any atom is -0.465 e. The molecule has 10 nitrogen and oxygen atoms in total. The normalized spacial score (nSPS) is 17.3. The molecule has 0 amide bonds. The number of rotatable bonds is 9. The van der Waals surface area contributed by atoms with Crippen molar-refractivity contribution in [3.05, 3.63) is 33.4 Å². The highest BCUT2D eigenvalue weighted by Crippen LogP contribution is 2.21. The molecular formula is C13H22N4O6. The van der Waals surface area contributed by atoms with Crippen molar-refractivity contribution < 1.29 is 23.9 Å². The van der Waals surface area contributed by atoms with Crippen molar-refractivity contribution in [3.8, 4) is 0 Å². The highest BCUT2D eigenvalue weighted by Gasteiger charge is 2.32. The lowest BCUT2D eigenvalue weighted by atomic mass is 10.2. The van der Waals surface area contributed by atoms with Crippen molar-refractivity contribution in [2.45, 2.75) is 13.2 Å². The average molecular weight is 330 g/mol. The van der Waals surface area contributed by atoms with Gasteiger partial charge in [0.2, 0.25) is 0 Å². The summed E-state index contributed by atoms with van der Waals surface area (Å²) in [4.78, 5) is 23.6. The first-order valence-electron chi connectivity index (χ1n) is 7.00. The average Bonchev–Trinajstić information content (AvgIpc) is 2.46. The zero-order chi connectivity index (χ0) is 17.4. The zero-order valence-electron chi connectivity index (χ0n) is 13.4. The van der Waals surface area contributed by atoms with E-state index in [0.717, 1.165) is 0 Å². The van der Waals surface area contributed by atoms with Gasteiger partial charge in [0.1, 0.15) is 12.2 Å². The number of nitrogens with one attached hydrogen (secondary N) is 1. The second-order valence-electron chi connectivity index (χ2n) is 4.66. The molecule has 23 heavy (non-hydrogen) atoms. The van der Waals surface area contributed by atoms with Gasteiger partial charge < -0.3 is 30.2 Å². The molecule has 0 bridgehead atoms. The van der Waals surface area contributed by atoms with Crippen LogP contribution in [-0.4, -0.2) is 62.5 Å². The Morgan fingerprint density at radius 2 is 2.22 bits per heavy atom. The van der Waals surface area contributed by atoms with Gasteiger partial charge >= 0.3 is 11.7 Å². The third-order valence-corrected chi connectivity index (χ3v) is 2.96. The number of carbonyl (C=O) groups excluding carboxylic acids is 1. The number of hydrogen-bond acceptors (Lipinski definition) is 9. The van der Waals surface area contributed by atoms with Gasteiger partial charge in [0, 0.05) is 14.2 Å². The van der Waals surface area contributed by atoms with Crippen LogP contribution < -0.4 is 11.1 Å². The molecule has 0 spiro atoms. The molecule has 3 N–H and O–H groups in total. The fourth-order valence-corrected chi connectivity index (χ4v) is 1.96. The Morgan fingerprint density at radius 3 is 2.78 bits per heavy atom. The Kier molecular flexibility index (Phi) is 7.29. The van der Waals surface area contributed by atoms with E-state index in [1.54, 1.807) is 6.92 Å². The number of dihydropyridines is 1. The molecule has 1 heterocycles. The van der Waals surface area contributed by atoms with Crippen molar-refractivity contribution in [1.82, 2.24) is 10.2 Å². The molecule has 1 atom stereocenters. The summed E-state index contributed by atoms with van der Waals surface area (Å²) in [6.07, 6.45) is 0.831. The van der Waals surface area contributed by atoms with E-state index in [1.807, 2.05) is 0 Å². The molecule has 0 fully saturated rings. The Hall–Kier alpha value is -2.33. The number of ether oxygens (including phenoxy) is 3. The minimum absolute atomic E-state index is 0.134. The largest absolute Gasteiger partial charge is 0.465 e. The van der Waals surface area contributed by atoms with E-state index in [-0.39, 0.29) is 37.0 Å². The van der Waals surface area contributed by atoms with Crippen LogP contribution in [0.2, 0.25) is 0 Å². The van der Waals surface area contributed by atoms with Gasteiger partial charge in [-0.15, -0.1) is 0 Å². The summed E-state index contributed by atoms with van der Waals surface area (Å²) >= 11 is 0. The molecule has 130 valence electrons. The van der Waals surface area contributed by atoms with Crippen molar-refractivity contribution in [1.29, 1.82) is 0 Å². The predicted octanol–water partition coefficient (Wildman–Crippen LogP) is -0.638. The van der Waals surface area contributed by atoms with Gasteiger partial charge in [0.05, 0.1) is 24.7 Å². The fourth-order valence-electron chi connectivity index (χ4n) is 1.96. The summed E-state index contributed by atoms with van der Waals surface area (Å²) < 4.78 is 15.2. The highest BCUT2D eigenvalue weighted by atomic mass is 16.6.